The first kappa shape index (κ1) is 14.8. The van der Waals surface area contributed by atoms with Gasteiger partial charge in [-0.1, -0.05) is 6.07 Å². The molecule has 110 valence electrons. The van der Waals surface area contributed by atoms with Crippen LogP contribution in [0.3, 0.4) is 0 Å². The molecule has 0 atom stereocenters. The summed E-state index contributed by atoms with van der Waals surface area (Å²) in [6, 6.07) is 10.9. The minimum atomic E-state index is -0.440. The summed E-state index contributed by atoms with van der Waals surface area (Å²) in [6.07, 6.45) is 1.58. The van der Waals surface area contributed by atoms with Gasteiger partial charge in [-0.15, -0.1) is 0 Å². The highest BCUT2D eigenvalue weighted by Crippen LogP contribution is 2.26. The molecule has 21 heavy (non-hydrogen) atoms. The number of hydrogen-bond donors (Lipinski definition) is 0. The Hall–Kier alpha value is -2.56. The molecule has 0 aliphatic carbocycles. The van der Waals surface area contributed by atoms with E-state index in [0.717, 1.165) is 5.69 Å². The smallest absolute Gasteiger partial charge is 0.343 e. The molecule has 0 N–H and O–H groups in total. The molecule has 0 saturated carbocycles. The van der Waals surface area contributed by atoms with Gasteiger partial charge in [0, 0.05) is 32.0 Å². The summed E-state index contributed by atoms with van der Waals surface area (Å²) in [7, 11) is 3.90. The second-order valence-corrected chi connectivity index (χ2v) is 4.57. The highest BCUT2D eigenvalue weighted by Gasteiger charge is 2.15. The molecule has 0 radical (unpaired) electrons. The molecular weight excluding hydrogens is 268 g/mol. The highest BCUT2D eigenvalue weighted by molar-refractivity contribution is 5.91. The first-order chi connectivity index (χ1) is 10.1. The van der Waals surface area contributed by atoms with E-state index in [-0.39, 0.29) is 5.88 Å². The average Bonchev–Trinajstić information content (AvgIpc) is 2.48. The van der Waals surface area contributed by atoms with Crippen molar-refractivity contribution in [3.05, 3.63) is 48.2 Å². The number of carbonyl (C=O) groups is 1. The Morgan fingerprint density at radius 2 is 2.05 bits per heavy atom. The van der Waals surface area contributed by atoms with Gasteiger partial charge >= 0.3 is 5.97 Å². The molecule has 1 heterocycles. The Labute approximate surface area is 124 Å². The van der Waals surface area contributed by atoms with Gasteiger partial charge in [0.15, 0.2) is 0 Å². The van der Waals surface area contributed by atoms with E-state index < -0.39 is 5.97 Å². The average molecular weight is 286 g/mol. The van der Waals surface area contributed by atoms with Crippen LogP contribution in [0.4, 0.5) is 5.69 Å². The molecule has 0 saturated heterocycles. The summed E-state index contributed by atoms with van der Waals surface area (Å²) in [5.74, 6) is 0.418. The van der Waals surface area contributed by atoms with E-state index in [9.17, 15) is 4.79 Å². The molecule has 0 spiro atoms. The third-order valence-electron chi connectivity index (χ3n) is 2.82. The third kappa shape index (κ3) is 3.72. The summed E-state index contributed by atoms with van der Waals surface area (Å²) in [6.45, 7) is 2.07. The van der Waals surface area contributed by atoms with E-state index in [0.29, 0.717) is 17.9 Å². The summed E-state index contributed by atoms with van der Waals surface area (Å²) < 4.78 is 10.7. The molecule has 0 fully saturated rings. The van der Waals surface area contributed by atoms with Crippen molar-refractivity contribution >= 4 is 11.7 Å². The number of ether oxygens (including phenoxy) is 2. The van der Waals surface area contributed by atoms with Crippen molar-refractivity contribution in [1.29, 1.82) is 0 Å². The monoisotopic (exact) mass is 286 g/mol. The number of anilines is 1. The summed E-state index contributed by atoms with van der Waals surface area (Å²) in [4.78, 5) is 18.0. The predicted molar refractivity (Wildman–Crippen MR) is 81.0 cm³/mol. The van der Waals surface area contributed by atoms with Crippen LogP contribution in [-0.2, 0) is 4.74 Å². The normalized spacial score (nSPS) is 10.0. The number of hydrogen-bond acceptors (Lipinski definition) is 5. The zero-order valence-corrected chi connectivity index (χ0v) is 12.4. The minimum absolute atomic E-state index is 0.242. The van der Waals surface area contributed by atoms with E-state index >= 15 is 0 Å². The van der Waals surface area contributed by atoms with Gasteiger partial charge in [0.2, 0.25) is 5.88 Å². The molecule has 5 nitrogen and oxygen atoms in total. The lowest BCUT2D eigenvalue weighted by Crippen LogP contribution is -2.09. The van der Waals surface area contributed by atoms with Crippen LogP contribution < -0.4 is 9.64 Å². The van der Waals surface area contributed by atoms with Gasteiger partial charge in [-0.05, 0) is 31.2 Å². The molecule has 0 aliphatic heterocycles. The van der Waals surface area contributed by atoms with Crippen LogP contribution in [0.5, 0.6) is 11.6 Å². The summed E-state index contributed by atoms with van der Waals surface area (Å²) in [5.41, 5.74) is 1.32. The number of pyridine rings is 1. The lowest BCUT2D eigenvalue weighted by molar-refractivity contribution is 0.0522. The summed E-state index contributed by atoms with van der Waals surface area (Å²) >= 11 is 0. The number of carbonyl (C=O) groups excluding carboxylic acids is 1. The van der Waals surface area contributed by atoms with Crippen molar-refractivity contribution in [1.82, 2.24) is 4.98 Å². The zero-order chi connectivity index (χ0) is 15.2. The Balaban J connectivity index is 2.27. The molecule has 2 aromatic rings. The number of nitrogens with zero attached hydrogens (tertiary/aromatic N) is 2. The lowest BCUT2D eigenvalue weighted by Gasteiger charge is -2.14. The molecule has 5 heteroatoms. The fourth-order valence-corrected chi connectivity index (χ4v) is 1.77. The van der Waals surface area contributed by atoms with Crippen LogP contribution in [0, 0.1) is 0 Å². The topological polar surface area (TPSA) is 51.7 Å². The van der Waals surface area contributed by atoms with Gasteiger partial charge in [-0.25, -0.2) is 9.78 Å². The fraction of sp³-hybridized carbons (Fsp3) is 0.250. The Bertz CT molecular complexity index is 626. The molecule has 0 aliphatic rings. The maximum absolute atomic E-state index is 11.9. The van der Waals surface area contributed by atoms with E-state index in [1.54, 1.807) is 25.3 Å². The number of rotatable bonds is 5. The van der Waals surface area contributed by atoms with Crippen LogP contribution in [-0.4, -0.2) is 31.7 Å². The molecule has 2 rings (SSSR count). The van der Waals surface area contributed by atoms with Gasteiger partial charge < -0.3 is 14.4 Å². The van der Waals surface area contributed by atoms with E-state index in [1.165, 1.54) is 0 Å². The molecule has 0 bridgehead atoms. The van der Waals surface area contributed by atoms with Crippen molar-refractivity contribution in [3.63, 3.8) is 0 Å². The maximum atomic E-state index is 11.9. The number of aromatic nitrogens is 1. The molecule has 0 unspecified atom stereocenters. The van der Waals surface area contributed by atoms with Crippen LogP contribution in [0.25, 0.3) is 0 Å². The lowest BCUT2D eigenvalue weighted by atomic mass is 10.2. The molecule has 1 aromatic heterocycles. The molecular formula is C16H18N2O3. The van der Waals surface area contributed by atoms with Crippen LogP contribution in [0.1, 0.15) is 17.3 Å². The Morgan fingerprint density at radius 1 is 1.24 bits per heavy atom. The maximum Gasteiger partial charge on any atom is 0.343 e. The second kappa shape index (κ2) is 6.74. The van der Waals surface area contributed by atoms with Crippen molar-refractivity contribution in [2.75, 3.05) is 25.6 Å². The molecule has 0 amide bonds. The predicted octanol–water partition coefficient (Wildman–Crippen LogP) is 3.12. The van der Waals surface area contributed by atoms with Crippen LogP contribution in [0.15, 0.2) is 42.6 Å². The zero-order valence-electron chi connectivity index (χ0n) is 12.4. The van der Waals surface area contributed by atoms with Crippen molar-refractivity contribution < 1.29 is 14.3 Å². The van der Waals surface area contributed by atoms with E-state index in [1.807, 2.05) is 43.3 Å². The largest absolute Gasteiger partial charge is 0.462 e. The quantitative estimate of drug-likeness (QED) is 0.790. The van der Waals surface area contributed by atoms with Gasteiger partial charge in [-0.2, -0.15) is 0 Å². The van der Waals surface area contributed by atoms with Crippen LogP contribution in [0.2, 0.25) is 0 Å². The Morgan fingerprint density at radius 3 is 2.76 bits per heavy atom. The van der Waals surface area contributed by atoms with Crippen molar-refractivity contribution in [2.45, 2.75) is 6.92 Å². The first-order valence-electron chi connectivity index (χ1n) is 6.69. The highest BCUT2D eigenvalue weighted by atomic mass is 16.5. The summed E-state index contributed by atoms with van der Waals surface area (Å²) in [5, 5.41) is 0. The number of benzene rings is 1. The fourth-order valence-electron chi connectivity index (χ4n) is 1.77. The first-order valence-corrected chi connectivity index (χ1v) is 6.69. The van der Waals surface area contributed by atoms with E-state index in [2.05, 4.69) is 4.98 Å². The van der Waals surface area contributed by atoms with E-state index in [4.69, 9.17) is 9.47 Å². The van der Waals surface area contributed by atoms with Gasteiger partial charge in [-0.3, -0.25) is 0 Å². The van der Waals surface area contributed by atoms with Gasteiger partial charge in [0.1, 0.15) is 11.3 Å². The standard InChI is InChI=1S/C16H18N2O3/c1-4-20-16(19)14-9-6-10-17-15(14)21-13-8-5-7-12(11-13)18(2)3/h5-11H,4H2,1-3H3. The van der Waals surface area contributed by atoms with Crippen molar-refractivity contribution in [3.8, 4) is 11.6 Å². The molecule has 1 aromatic carbocycles. The Kier molecular flexibility index (Phi) is 4.77. The van der Waals surface area contributed by atoms with Gasteiger partial charge in [0.25, 0.3) is 0 Å². The van der Waals surface area contributed by atoms with Gasteiger partial charge in [0.05, 0.1) is 6.61 Å². The SMILES string of the molecule is CCOC(=O)c1cccnc1Oc1cccc(N(C)C)c1. The second-order valence-electron chi connectivity index (χ2n) is 4.57. The third-order valence-corrected chi connectivity index (χ3v) is 2.82. The number of esters is 1. The van der Waals surface area contributed by atoms with Crippen molar-refractivity contribution in [2.24, 2.45) is 0 Å². The minimum Gasteiger partial charge on any atom is -0.462 e. The van der Waals surface area contributed by atoms with Crippen LogP contribution >= 0.6 is 0 Å².